The van der Waals surface area contributed by atoms with Crippen LogP contribution in [-0.2, 0) is 17.6 Å². The van der Waals surface area contributed by atoms with Gasteiger partial charge in [0.15, 0.2) is 0 Å². The molecule has 3 rings (SSSR count). The zero-order valence-corrected chi connectivity index (χ0v) is 19.4. The number of carbonyl (C=O) groups is 1. The lowest BCUT2D eigenvalue weighted by molar-refractivity contribution is -0.117. The molecule has 168 valence electrons. The molecule has 2 aromatic carbocycles. The summed E-state index contributed by atoms with van der Waals surface area (Å²) in [5.74, 6) is 0.806. The quantitative estimate of drug-likeness (QED) is 0.373. The number of aryl methyl sites for hydroxylation is 2. The van der Waals surface area contributed by atoms with E-state index in [0.29, 0.717) is 0 Å². The maximum atomic E-state index is 12.5. The van der Waals surface area contributed by atoms with Gasteiger partial charge in [0, 0.05) is 24.5 Å². The van der Waals surface area contributed by atoms with Crippen molar-refractivity contribution in [1.82, 2.24) is 10.3 Å². The molecule has 0 radical (unpaired) electrons. The predicted molar refractivity (Wildman–Crippen MR) is 133 cm³/mol. The number of fused-ring (bicyclic) bond motifs is 1. The fourth-order valence-electron chi connectivity index (χ4n) is 3.98. The molecule has 1 N–H and O–H groups in total. The third kappa shape index (κ3) is 6.68. The summed E-state index contributed by atoms with van der Waals surface area (Å²) in [4.78, 5) is 16.7. The van der Waals surface area contributed by atoms with E-state index in [0.717, 1.165) is 49.8 Å². The molecule has 1 amide bonds. The third-order valence-corrected chi connectivity index (χ3v) is 5.79. The van der Waals surface area contributed by atoms with Gasteiger partial charge in [-0.15, -0.1) is 0 Å². The lowest BCUT2D eigenvalue weighted by atomic mass is 9.94. The first-order chi connectivity index (χ1) is 15.6. The second kappa shape index (κ2) is 12.0. The fourth-order valence-corrected chi connectivity index (χ4v) is 3.98. The number of nitrogens with zero attached hydrogens (tertiary/aromatic N) is 1. The molecular weight excluding hydrogens is 396 g/mol. The van der Waals surface area contributed by atoms with E-state index in [1.165, 1.54) is 21.9 Å². The third-order valence-electron chi connectivity index (χ3n) is 5.79. The number of nitrogens with one attached hydrogen (secondary N) is 1. The van der Waals surface area contributed by atoms with Gasteiger partial charge in [-0.25, -0.2) is 0 Å². The van der Waals surface area contributed by atoms with E-state index >= 15 is 0 Å². The van der Waals surface area contributed by atoms with Crippen molar-refractivity contribution in [1.29, 1.82) is 0 Å². The second-order valence-corrected chi connectivity index (χ2v) is 8.32. The van der Waals surface area contributed by atoms with Crippen molar-refractivity contribution in [3.63, 3.8) is 0 Å². The van der Waals surface area contributed by atoms with E-state index in [2.05, 4.69) is 54.5 Å². The van der Waals surface area contributed by atoms with Crippen LogP contribution in [0.5, 0.6) is 5.75 Å². The molecule has 0 fully saturated rings. The molecule has 4 heteroatoms. The molecule has 0 unspecified atom stereocenters. The zero-order chi connectivity index (χ0) is 22.8. The van der Waals surface area contributed by atoms with Gasteiger partial charge in [0.1, 0.15) is 5.75 Å². The Morgan fingerprint density at radius 2 is 2.00 bits per heavy atom. The normalized spacial score (nSPS) is 12.2. The van der Waals surface area contributed by atoms with Crippen LogP contribution in [0.4, 0.5) is 0 Å². The molecule has 0 aliphatic rings. The number of carbonyl (C=O) groups excluding carboxylic acids is 1. The molecule has 1 aromatic heterocycles. The number of pyridine rings is 1. The Hall–Kier alpha value is -3.14. The topological polar surface area (TPSA) is 51.2 Å². The monoisotopic (exact) mass is 430 g/mol. The average Bonchev–Trinajstić information content (AvgIpc) is 2.81. The highest BCUT2D eigenvalue weighted by Crippen LogP contribution is 2.28. The van der Waals surface area contributed by atoms with E-state index in [1.54, 1.807) is 19.4 Å². The van der Waals surface area contributed by atoms with Crippen LogP contribution in [0, 0.1) is 0 Å². The highest BCUT2D eigenvalue weighted by atomic mass is 16.5. The van der Waals surface area contributed by atoms with E-state index in [1.807, 2.05) is 24.4 Å². The zero-order valence-electron chi connectivity index (χ0n) is 19.4. The van der Waals surface area contributed by atoms with Crippen LogP contribution in [0.1, 0.15) is 56.2 Å². The number of methoxy groups -OCH3 is 1. The van der Waals surface area contributed by atoms with Crippen LogP contribution < -0.4 is 10.1 Å². The first kappa shape index (κ1) is 23.5. The lowest BCUT2D eigenvalue weighted by Gasteiger charge is -2.13. The molecule has 0 aliphatic carbocycles. The molecule has 0 aliphatic heterocycles. The minimum atomic E-state index is -0.0499. The van der Waals surface area contributed by atoms with E-state index < -0.39 is 0 Å². The van der Waals surface area contributed by atoms with Crippen molar-refractivity contribution in [3.05, 3.63) is 77.6 Å². The summed E-state index contributed by atoms with van der Waals surface area (Å²) >= 11 is 0. The fraction of sp³-hybridized carbons (Fsp3) is 0.357. The summed E-state index contributed by atoms with van der Waals surface area (Å²) in [6.07, 6.45) is 13.4. The molecule has 4 nitrogen and oxygen atoms in total. The number of ether oxygens (including phenoxy) is 1. The standard InChI is InChI=1S/C28H34N2O2/c1-4-5-11-26-23(12-13-24-14-16-25(32-3)19-27(24)26)15-17-28(31)30-21(2)8-6-9-22-10-7-18-29-20-22/h7,10,12-21H,4-6,8-9,11H2,1-3H3,(H,30,31)/t21-/m1/s1. The van der Waals surface area contributed by atoms with Crippen LogP contribution in [0.2, 0.25) is 0 Å². The van der Waals surface area contributed by atoms with Gasteiger partial charge in [0.2, 0.25) is 5.91 Å². The Morgan fingerprint density at radius 3 is 2.75 bits per heavy atom. The van der Waals surface area contributed by atoms with E-state index in [9.17, 15) is 4.79 Å². The average molecular weight is 431 g/mol. The number of unbranched alkanes of at least 4 members (excludes halogenated alkanes) is 1. The van der Waals surface area contributed by atoms with Gasteiger partial charge in [-0.3, -0.25) is 9.78 Å². The van der Waals surface area contributed by atoms with Crippen molar-refractivity contribution in [2.75, 3.05) is 7.11 Å². The van der Waals surface area contributed by atoms with Gasteiger partial charge in [-0.2, -0.15) is 0 Å². The molecule has 0 bridgehead atoms. The van der Waals surface area contributed by atoms with Crippen LogP contribution in [0.25, 0.3) is 16.8 Å². The number of rotatable bonds is 11. The van der Waals surface area contributed by atoms with Crippen molar-refractivity contribution >= 4 is 22.8 Å². The van der Waals surface area contributed by atoms with Crippen LogP contribution >= 0.6 is 0 Å². The molecule has 0 saturated carbocycles. The highest BCUT2D eigenvalue weighted by molar-refractivity contribution is 5.94. The Balaban J connectivity index is 1.64. The largest absolute Gasteiger partial charge is 0.497 e. The summed E-state index contributed by atoms with van der Waals surface area (Å²) in [6.45, 7) is 4.26. The van der Waals surface area contributed by atoms with Gasteiger partial charge in [0.25, 0.3) is 0 Å². The Morgan fingerprint density at radius 1 is 1.16 bits per heavy atom. The number of benzene rings is 2. The van der Waals surface area contributed by atoms with E-state index in [4.69, 9.17) is 4.74 Å². The van der Waals surface area contributed by atoms with Crippen LogP contribution in [0.3, 0.4) is 0 Å². The maximum absolute atomic E-state index is 12.5. The van der Waals surface area contributed by atoms with Gasteiger partial charge in [0.05, 0.1) is 7.11 Å². The summed E-state index contributed by atoms with van der Waals surface area (Å²) in [6, 6.07) is 14.6. The first-order valence-electron chi connectivity index (χ1n) is 11.6. The summed E-state index contributed by atoms with van der Waals surface area (Å²) in [7, 11) is 1.69. The summed E-state index contributed by atoms with van der Waals surface area (Å²) in [5, 5.41) is 5.49. The summed E-state index contributed by atoms with van der Waals surface area (Å²) in [5.41, 5.74) is 3.61. The minimum Gasteiger partial charge on any atom is -0.497 e. The van der Waals surface area contributed by atoms with Crippen molar-refractivity contribution in [2.45, 2.75) is 58.4 Å². The van der Waals surface area contributed by atoms with Crippen LogP contribution in [-0.4, -0.2) is 24.0 Å². The molecule has 32 heavy (non-hydrogen) atoms. The molecule has 1 atom stereocenters. The van der Waals surface area contributed by atoms with Crippen molar-refractivity contribution in [2.24, 2.45) is 0 Å². The van der Waals surface area contributed by atoms with Crippen LogP contribution in [0.15, 0.2) is 60.9 Å². The smallest absolute Gasteiger partial charge is 0.244 e. The van der Waals surface area contributed by atoms with Crippen molar-refractivity contribution in [3.8, 4) is 5.75 Å². The number of hydrogen-bond donors (Lipinski definition) is 1. The van der Waals surface area contributed by atoms with Gasteiger partial charge in [-0.05, 0) is 90.8 Å². The minimum absolute atomic E-state index is 0.0499. The van der Waals surface area contributed by atoms with Crippen molar-refractivity contribution < 1.29 is 9.53 Å². The molecule has 0 saturated heterocycles. The first-order valence-corrected chi connectivity index (χ1v) is 11.6. The Bertz CT molecular complexity index is 1040. The molecular formula is C28H34N2O2. The lowest BCUT2D eigenvalue weighted by Crippen LogP contribution is -2.31. The second-order valence-electron chi connectivity index (χ2n) is 8.32. The Kier molecular flexibility index (Phi) is 8.85. The SMILES string of the molecule is CCCCc1c(C=CC(=O)N[C@H](C)CCCc2cccnc2)ccc2ccc(OC)cc12. The number of amides is 1. The summed E-state index contributed by atoms with van der Waals surface area (Å²) < 4.78 is 5.44. The Labute approximate surface area is 191 Å². The maximum Gasteiger partial charge on any atom is 0.244 e. The number of aromatic nitrogens is 1. The molecule has 1 heterocycles. The van der Waals surface area contributed by atoms with Gasteiger partial charge >= 0.3 is 0 Å². The van der Waals surface area contributed by atoms with Gasteiger partial charge < -0.3 is 10.1 Å². The highest BCUT2D eigenvalue weighted by Gasteiger charge is 2.09. The van der Waals surface area contributed by atoms with E-state index in [-0.39, 0.29) is 11.9 Å². The molecule has 3 aromatic rings. The van der Waals surface area contributed by atoms with Gasteiger partial charge in [-0.1, -0.05) is 37.6 Å². The predicted octanol–water partition coefficient (Wildman–Crippen LogP) is 6.13. The molecule has 0 spiro atoms. The number of hydrogen-bond acceptors (Lipinski definition) is 3.